The lowest BCUT2D eigenvalue weighted by Crippen LogP contribution is -2.48. The molecule has 2 heterocycles. The van der Waals surface area contributed by atoms with Crippen molar-refractivity contribution in [3.8, 4) is 11.5 Å². The summed E-state index contributed by atoms with van der Waals surface area (Å²) in [5, 5.41) is 0.506. The molecule has 42 heavy (non-hydrogen) atoms. The van der Waals surface area contributed by atoms with Crippen LogP contribution >= 0.6 is 11.6 Å². The second kappa shape index (κ2) is 9.71. The van der Waals surface area contributed by atoms with Crippen LogP contribution in [-0.4, -0.2) is 43.7 Å². The van der Waals surface area contributed by atoms with Crippen LogP contribution < -0.4 is 14.4 Å². The summed E-state index contributed by atoms with van der Waals surface area (Å²) in [5.74, 6) is -0.686. The van der Waals surface area contributed by atoms with Crippen molar-refractivity contribution in [3.05, 3.63) is 130 Å². The van der Waals surface area contributed by atoms with Gasteiger partial charge in [-0.2, -0.15) is 0 Å². The summed E-state index contributed by atoms with van der Waals surface area (Å²) in [6.07, 6.45) is 3.86. The third-order valence-electron chi connectivity index (χ3n) is 8.88. The third kappa shape index (κ3) is 3.48. The van der Waals surface area contributed by atoms with E-state index >= 15 is 0 Å². The summed E-state index contributed by atoms with van der Waals surface area (Å²) in [5.41, 5.74) is 1.92. The lowest BCUT2D eigenvalue weighted by molar-refractivity contribution is 0.0665. The number of carbonyl (C=O) groups excluding carboxylic acids is 3. The topological polar surface area (TPSA) is 72.9 Å². The number of methoxy groups -OCH3 is 2. The fourth-order valence-corrected chi connectivity index (χ4v) is 7.25. The van der Waals surface area contributed by atoms with E-state index in [2.05, 4.69) is 0 Å². The predicted octanol–water partition coefficient (Wildman–Crippen LogP) is 6.67. The monoisotopic (exact) mass is 575 g/mol. The molecule has 1 unspecified atom stereocenters. The molecular weight excluding hydrogens is 550 g/mol. The molecule has 0 radical (unpaired) electrons. The minimum absolute atomic E-state index is 0.213. The first kappa shape index (κ1) is 26.2. The average Bonchev–Trinajstić information content (AvgIpc) is 3.47. The van der Waals surface area contributed by atoms with Gasteiger partial charge in [-0.15, -0.1) is 0 Å². The Balaban J connectivity index is 1.55. The zero-order valence-corrected chi connectivity index (χ0v) is 23.7. The number of carbonyl (C=O) groups is 3. The Morgan fingerprint density at radius 3 is 2.12 bits per heavy atom. The molecular formula is C35H26ClNO5. The van der Waals surface area contributed by atoms with Gasteiger partial charge in [0, 0.05) is 33.3 Å². The maximum atomic E-state index is 14.7. The van der Waals surface area contributed by atoms with Crippen LogP contribution in [0.25, 0.3) is 6.08 Å². The summed E-state index contributed by atoms with van der Waals surface area (Å²) in [4.78, 5) is 46.2. The number of anilines is 1. The number of nitrogens with zero attached hydrogens (tertiary/aromatic N) is 1. The van der Waals surface area contributed by atoms with E-state index in [1.54, 1.807) is 67.8 Å². The Bertz CT molecular complexity index is 1780. The Labute approximate surface area is 248 Å². The van der Waals surface area contributed by atoms with Crippen molar-refractivity contribution in [3.63, 3.8) is 0 Å². The SMILES string of the molecule is COc1ccc([C@H]2[C@H](C(=O)c3ccc(Cl)cc3)N3c4ccccc4C=CC3C23C(=O)c2ccccc2C3=O)cc1OC. The number of ether oxygens (including phenoxy) is 2. The van der Waals surface area contributed by atoms with Gasteiger partial charge >= 0.3 is 0 Å². The van der Waals surface area contributed by atoms with Crippen molar-refractivity contribution in [2.45, 2.75) is 18.0 Å². The molecule has 3 aliphatic rings. The summed E-state index contributed by atoms with van der Waals surface area (Å²) < 4.78 is 11.1. The number of para-hydroxylation sites is 1. The maximum Gasteiger partial charge on any atom is 0.185 e. The van der Waals surface area contributed by atoms with Crippen molar-refractivity contribution >= 4 is 40.7 Å². The van der Waals surface area contributed by atoms with Gasteiger partial charge < -0.3 is 14.4 Å². The highest BCUT2D eigenvalue weighted by Crippen LogP contribution is 2.61. The molecule has 1 aliphatic carbocycles. The minimum Gasteiger partial charge on any atom is -0.493 e. The van der Waals surface area contributed by atoms with Gasteiger partial charge in [-0.1, -0.05) is 72.3 Å². The maximum absolute atomic E-state index is 14.7. The smallest absolute Gasteiger partial charge is 0.185 e. The van der Waals surface area contributed by atoms with Crippen LogP contribution in [0.15, 0.2) is 97.1 Å². The number of fused-ring (bicyclic) bond motifs is 5. The van der Waals surface area contributed by atoms with Gasteiger partial charge in [0.05, 0.1) is 20.3 Å². The second-order valence-corrected chi connectivity index (χ2v) is 11.2. The van der Waals surface area contributed by atoms with Crippen molar-refractivity contribution < 1.29 is 23.9 Å². The number of halogens is 1. The normalized spacial score (nSPS) is 21.2. The zero-order chi connectivity index (χ0) is 29.2. The molecule has 6 nitrogen and oxygen atoms in total. The first-order valence-electron chi connectivity index (χ1n) is 13.7. The van der Waals surface area contributed by atoms with E-state index in [1.165, 1.54) is 7.11 Å². The molecule has 0 bridgehead atoms. The van der Waals surface area contributed by atoms with Crippen LogP contribution in [0, 0.1) is 5.41 Å². The molecule has 3 atom stereocenters. The number of rotatable bonds is 5. The summed E-state index contributed by atoms with van der Waals surface area (Å²) in [7, 11) is 3.08. The van der Waals surface area contributed by atoms with E-state index in [9.17, 15) is 14.4 Å². The molecule has 0 N–H and O–H groups in total. The fraction of sp³-hybridized carbons (Fsp3) is 0.171. The first-order valence-corrected chi connectivity index (χ1v) is 14.1. The first-order chi connectivity index (χ1) is 20.4. The summed E-state index contributed by atoms with van der Waals surface area (Å²) in [6, 6.07) is 25.2. The van der Waals surface area contributed by atoms with Crippen LogP contribution in [-0.2, 0) is 0 Å². The Kier molecular flexibility index (Phi) is 6.06. The summed E-state index contributed by atoms with van der Waals surface area (Å²) >= 11 is 6.18. The number of hydrogen-bond donors (Lipinski definition) is 0. The van der Waals surface area contributed by atoms with E-state index in [-0.39, 0.29) is 17.3 Å². The van der Waals surface area contributed by atoms with Gasteiger partial charge in [-0.05, 0) is 53.6 Å². The Morgan fingerprint density at radius 1 is 0.810 bits per heavy atom. The lowest BCUT2D eigenvalue weighted by atomic mass is 9.64. The van der Waals surface area contributed by atoms with E-state index in [1.807, 2.05) is 47.4 Å². The highest BCUT2D eigenvalue weighted by atomic mass is 35.5. The van der Waals surface area contributed by atoms with Gasteiger partial charge in [-0.25, -0.2) is 0 Å². The highest BCUT2D eigenvalue weighted by Gasteiger charge is 2.71. The van der Waals surface area contributed by atoms with Gasteiger partial charge in [0.2, 0.25) is 0 Å². The molecule has 0 saturated carbocycles. The summed E-state index contributed by atoms with van der Waals surface area (Å²) in [6.45, 7) is 0. The van der Waals surface area contributed by atoms with E-state index in [0.717, 1.165) is 11.3 Å². The number of benzene rings is 4. The van der Waals surface area contributed by atoms with Gasteiger partial charge in [0.1, 0.15) is 11.5 Å². The average molecular weight is 576 g/mol. The highest BCUT2D eigenvalue weighted by molar-refractivity contribution is 6.32. The molecule has 208 valence electrons. The van der Waals surface area contributed by atoms with Crippen LogP contribution in [0.4, 0.5) is 5.69 Å². The van der Waals surface area contributed by atoms with Crippen LogP contribution in [0.3, 0.4) is 0 Å². The quantitative estimate of drug-likeness (QED) is 0.195. The van der Waals surface area contributed by atoms with E-state index < -0.39 is 23.4 Å². The Hall–Kier alpha value is -4.68. The molecule has 7 rings (SSSR count). The lowest BCUT2D eigenvalue weighted by Gasteiger charge is -2.37. The predicted molar refractivity (Wildman–Crippen MR) is 161 cm³/mol. The number of hydrogen-bond acceptors (Lipinski definition) is 6. The second-order valence-electron chi connectivity index (χ2n) is 10.8. The van der Waals surface area contributed by atoms with E-state index in [4.69, 9.17) is 21.1 Å². The van der Waals surface area contributed by atoms with Crippen molar-refractivity contribution in [1.82, 2.24) is 0 Å². The van der Waals surface area contributed by atoms with Crippen LogP contribution in [0.1, 0.15) is 48.1 Å². The van der Waals surface area contributed by atoms with Gasteiger partial charge in [0.15, 0.2) is 28.8 Å². The molecule has 1 fully saturated rings. The fourth-order valence-electron chi connectivity index (χ4n) is 7.12. The van der Waals surface area contributed by atoms with Crippen LogP contribution in [0.5, 0.6) is 11.5 Å². The molecule has 1 spiro atoms. The molecule has 4 aromatic carbocycles. The van der Waals surface area contributed by atoms with Gasteiger partial charge in [0.25, 0.3) is 0 Å². The molecule has 0 aromatic heterocycles. The van der Waals surface area contributed by atoms with Crippen molar-refractivity contribution in [2.24, 2.45) is 5.41 Å². The molecule has 0 amide bonds. The van der Waals surface area contributed by atoms with Crippen molar-refractivity contribution in [1.29, 1.82) is 0 Å². The van der Waals surface area contributed by atoms with Crippen molar-refractivity contribution in [2.75, 3.05) is 19.1 Å². The number of ketones is 3. The molecule has 1 saturated heterocycles. The van der Waals surface area contributed by atoms with E-state index in [0.29, 0.717) is 38.8 Å². The van der Waals surface area contributed by atoms with Crippen LogP contribution in [0.2, 0.25) is 5.02 Å². The standard InChI is InChI=1S/C35H26ClNO5/c1-41-27-17-13-22(19-28(27)42-2)30-31(32(38)21-11-15-23(36)16-12-21)37-26-10-6-3-7-20(26)14-18-29(37)35(30)33(39)24-8-4-5-9-25(24)34(35)40/h3-19,29-31H,1-2H3/t29?,30-,31+/m0/s1. The molecule has 7 heteroatoms. The Morgan fingerprint density at radius 2 is 1.45 bits per heavy atom. The third-order valence-corrected chi connectivity index (χ3v) is 9.13. The number of Topliss-reactive ketones (excluding diaryl/α,β-unsaturated/α-hetero) is 3. The molecule has 4 aromatic rings. The molecule has 2 aliphatic heterocycles. The zero-order valence-electron chi connectivity index (χ0n) is 22.9. The largest absolute Gasteiger partial charge is 0.493 e. The minimum atomic E-state index is -1.60. The van der Waals surface area contributed by atoms with Gasteiger partial charge in [-0.3, -0.25) is 14.4 Å².